The predicted octanol–water partition coefficient (Wildman–Crippen LogP) is 2.87. The molecule has 0 fully saturated rings. The highest BCUT2D eigenvalue weighted by molar-refractivity contribution is 5.59. The average Bonchev–Trinajstić information content (AvgIpc) is 2.40. The number of anilines is 2. The van der Waals surface area contributed by atoms with Crippen LogP contribution in [0.15, 0.2) is 42.5 Å². The van der Waals surface area contributed by atoms with Crippen molar-refractivity contribution in [2.45, 2.75) is 13.5 Å². The van der Waals surface area contributed by atoms with Crippen molar-refractivity contribution in [1.29, 1.82) is 0 Å². The zero-order chi connectivity index (χ0) is 13.0. The standard InChI is InChI=1S/C14H15FN2O/c1-2-17(13-7-3-5-11(15)9-13)14-8-4-6-12(10-18)16-14/h3-9,18H,2,10H2,1H3. The molecule has 0 aliphatic carbocycles. The smallest absolute Gasteiger partial charge is 0.133 e. The molecule has 0 aliphatic heterocycles. The minimum atomic E-state index is -0.274. The van der Waals surface area contributed by atoms with E-state index in [0.29, 0.717) is 18.1 Å². The van der Waals surface area contributed by atoms with Crippen molar-refractivity contribution in [3.8, 4) is 0 Å². The van der Waals surface area contributed by atoms with Gasteiger partial charge in [0, 0.05) is 12.2 Å². The lowest BCUT2D eigenvalue weighted by Gasteiger charge is -2.22. The Morgan fingerprint density at radius 3 is 2.67 bits per heavy atom. The van der Waals surface area contributed by atoms with Crippen LogP contribution in [0, 0.1) is 5.82 Å². The quantitative estimate of drug-likeness (QED) is 0.901. The molecule has 1 aromatic heterocycles. The number of aromatic nitrogens is 1. The maximum atomic E-state index is 13.2. The molecule has 3 nitrogen and oxygen atoms in total. The van der Waals surface area contributed by atoms with Gasteiger partial charge in [-0.2, -0.15) is 0 Å². The van der Waals surface area contributed by atoms with Crippen LogP contribution in [-0.4, -0.2) is 16.6 Å². The molecule has 0 bridgehead atoms. The highest BCUT2D eigenvalue weighted by Gasteiger charge is 2.09. The number of hydrogen-bond acceptors (Lipinski definition) is 3. The Balaban J connectivity index is 2.38. The van der Waals surface area contributed by atoms with Gasteiger partial charge < -0.3 is 10.0 Å². The first kappa shape index (κ1) is 12.5. The topological polar surface area (TPSA) is 36.4 Å². The lowest BCUT2D eigenvalue weighted by molar-refractivity contribution is 0.277. The van der Waals surface area contributed by atoms with Gasteiger partial charge in [0.05, 0.1) is 12.3 Å². The average molecular weight is 246 g/mol. The van der Waals surface area contributed by atoms with E-state index in [9.17, 15) is 4.39 Å². The maximum absolute atomic E-state index is 13.2. The summed E-state index contributed by atoms with van der Waals surface area (Å²) in [6.07, 6.45) is 0. The molecule has 94 valence electrons. The molecule has 18 heavy (non-hydrogen) atoms. The van der Waals surface area contributed by atoms with Crippen molar-refractivity contribution in [1.82, 2.24) is 4.98 Å². The summed E-state index contributed by atoms with van der Waals surface area (Å²) in [4.78, 5) is 6.21. The zero-order valence-electron chi connectivity index (χ0n) is 10.2. The summed E-state index contributed by atoms with van der Waals surface area (Å²) in [6, 6.07) is 11.8. The van der Waals surface area contributed by atoms with Gasteiger partial charge >= 0.3 is 0 Å². The third-order valence-corrected chi connectivity index (χ3v) is 2.67. The van der Waals surface area contributed by atoms with Crippen LogP contribution >= 0.6 is 0 Å². The van der Waals surface area contributed by atoms with Crippen LogP contribution in [0.1, 0.15) is 12.6 Å². The van der Waals surface area contributed by atoms with Gasteiger partial charge in [-0.1, -0.05) is 12.1 Å². The molecule has 0 aliphatic rings. The first-order chi connectivity index (χ1) is 8.74. The van der Waals surface area contributed by atoms with E-state index in [0.717, 1.165) is 5.69 Å². The van der Waals surface area contributed by atoms with Gasteiger partial charge in [-0.25, -0.2) is 9.37 Å². The molecule has 1 aromatic carbocycles. The van der Waals surface area contributed by atoms with Crippen LogP contribution in [-0.2, 0) is 6.61 Å². The van der Waals surface area contributed by atoms with Gasteiger partial charge in [-0.15, -0.1) is 0 Å². The Bertz CT molecular complexity index is 531. The third-order valence-electron chi connectivity index (χ3n) is 2.67. The van der Waals surface area contributed by atoms with E-state index in [2.05, 4.69) is 4.98 Å². The summed E-state index contributed by atoms with van der Waals surface area (Å²) >= 11 is 0. The molecule has 2 aromatic rings. The van der Waals surface area contributed by atoms with Crippen molar-refractivity contribution in [2.24, 2.45) is 0 Å². The fourth-order valence-electron chi connectivity index (χ4n) is 1.83. The minimum absolute atomic E-state index is 0.103. The Morgan fingerprint density at radius 2 is 2.00 bits per heavy atom. The maximum Gasteiger partial charge on any atom is 0.133 e. The number of rotatable bonds is 4. The number of aliphatic hydroxyl groups excluding tert-OH is 1. The second-order valence-electron chi connectivity index (χ2n) is 3.87. The minimum Gasteiger partial charge on any atom is -0.390 e. The molecular formula is C14H15FN2O. The number of halogens is 1. The highest BCUT2D eigenvalue weighted by Crippen LogP contribution is 2.23. The Labute approximate surface area is 106 Å². The summed E-state index contributed by atoms with van der Waals surface area (Å²) in [7, 11) is 0. The van der Waals surface area contributed by atoms with Gasteiger partial charge in [-0.05, 0) is 37.3 Å². The summed E-state index contributed by atoms with van der Waals surface area (Å²) < 4.78 is 13.2. The number of nitrogens with zero attached hydrogens (tertiary/aromatic N) is 2. The second-order valence-corrected chi connectivity index (χ2v) is 3.87. The fourth-order valence-corrected chi connectivity index (χ4v) is 1.83. The van der Waals surface area contributed by atoms with Crippen LogP contribution < -0.4 is 4.90 Å². The molecular weight excluding hydrogens is 231 g/mol. The molecule has 0 unspecified atom stereocenters. The molecule has 0 saturated carbocycles. The van der Waals surface area contributed by atoms with Crippen molar-refractivity contribution < 1.29 is 9.50 Å². The monoisotopic (exact) mass is 246 g/mol. The first-order valence-corrected chi connectivity index (χ1v) is 5.84. The summed E-state index contributed by atoms with van der Waals surface area (Å²) in [6.45, 7) is 2.54. The predicted molar refractivity (Wildman–Crippen MR) is 69.2 cm³/mol. The molecule has 1 heterocycles. The first-order valence-electron chi connectivity index (χ1n) is 5.84. The van der Waals surface area contributed by atoms with Crippen molar-refractivity contribution >= 4 is 11.5 Å². The molecule has 2 rings (SSSR count). The van der Waals surface area contributed by atoms with E-state index in [-0.39, 0.29) is 12.4 Å². The molecule has 0 spiro atoms. The van der Waals surface area contributed by atoms with E-state index < -0.39 is 0 Å². The highest BCUT2D eigenvalue weighted by atomic mass is 19.1. The summed E-state index contributed by atoms with van der Waals surface area (Å²) in [5.41, 5.74) is 1.35. The van der Waals surface area contributed by atoms with Gasteiger partial charge in [0.1, 0.15) is 11.6 Å². The van der Waals surface area contributed by atoms with Crippen LogP contribution in [0.5, 0.6) is 0 Å². The van der Waals surface area contributed by atoms with Gasteiger partial charge in [0.15, 0.2) is 0 Å². The summed E-state index contributed by atoms with van der Waals surface area (Å²) in [5.74, 6) is 0.430. The van der Waals surface area contributed by atoms with Crippen molar-refractivity contribution in [2.75, 3.05) is 11.4 Å². The molecule has 0 amide bonds. The van der Waals surface area contributed by atoms with Crippen LogP contribution in [0.4, 0.5) is 15.9 Å². The Morgan fingerprint density at radius 1 is 1.22 bits per heavy atom. The molecule has 0 radical (unpaired) electrons. The van der Waals surface area contributed by atoms with Crippen molar-refractivity contribution in [3.63, 3.8) is 0 Å². The van der Waals surface area contributed by atoms with E-state index >= 15 is 0 Å². The summed E-state index contributed by atoms with van der Waals surface area (Å²) in [5, 5.41) is 9.09. The molecule has 1 N–H and O–H groups in total. The number of hydrogen-bond donors (Lipinski definition) is 1. The lowest BCUT2D eigenvalue weighted by Crippen LogP contribution is -2.17. The van der Waals surface area contributed by atoms with Crippen molar-refractivity contribution in [3.05, 3.63) is 54.0 Å². The van der Waals surface area contributed by atoms with E-state index in [1.54, 1.807) is 12.1 Å². The third kappa shape index (κ3) is 2.65. The number of pyridine rings is 1. The molecule has 0 saturated heterocycles. The fraction of sp³-hybridized carbons (Fsp3) is 0.214. The number of benzene rings is 1. The molecule has 0 atom stereocenters. The van der Waals surface area contributed by atoms with E-state index in [1.165, 1.54) is 12.1 Å². The zero-order valence-corrected chi connectivity index (χ0v) is 10.2. The SMILES string of the molecule is CCN(c1cccc(F)c1)c1cccc(CO)n1. The van der Waals surface area contributed by atoms with Gasteiger partial charge in [0.2, 0.25) is 0 Å². The second kappa shape index (κ2) is 5.60. The number of aliphatic hydroxyl groups is 1. The Kier molecular flexibility index (Phi) is 3.89. The Hall–Kier alpha value is -1.94. The van der Waals surface area contributed by atoms with Crippen LogP contribution in [0.3, 0.4) is 0 Å². The lowest BCUT2D eigenvalue weighted by atomic mass is 10.2. The van der Waals surface area contributed by atoms with Crippen LogP contribution in [0.2, 0.25) is 0 Å². The van der Waals surface area contributed by atoms with E-state index in [1.807, 2.05) is 30.0 Å². The largest absolute Gasteiger partial charge is 0.390 e. The molecule has 4 heteroatoms. The van der Waals surface area contributed by atoms with Gasteiger partial charge in [-0.3, -0.25) is 0 Å². The normalized spacial score (nSPS) is 10.4. The van der Waals surface area contributed by atoms with Crippen LogP contribution in [0.25, 0.3) is 0 Å². The van der Waals surface area contributed by atoms with Gasteiger partial charge in [0.25, 0.3) is 0 Å². The van der Waals surface area contributed by atoms with E-state index in [4.69, 9.17) is 5.11 Å².